The second-order valence-corrected chi connectivity index (χ2v) is 4.52. The molecule has 1 aliphatic heterocycles. The van der Waals surface area contributed by atoms with Gasteiger partial charge < -0.3 is 20.1 Å². The van der Waals surface area contributed by atoms with Crippen LogP contribution in [0.2, 0.25) is 0 Å². The Kier molecular flexibility index (Phi) is 7.16. The van der Waals surface area contributed by atoms with Crippen LogP contribution in [0.15, 0.2) is 0 Å². The number of amides is 1. The van der Waals surface area contributed by atoms with Crippen molar-refractivity contribution in [2.45, 2.75) is 19.8 Å². The molecule has 0 atom stereocenters. The number of nitrogens with zero attached hydrogens (tertiary/aromatic N) is 1. The molecule has 5 heteroatoms. The summed E-state index contributed by atoms with van der Waals surface area (Å²) in [6, 6.07) is 0. The van der Waals surface area contributed by atoms with Gasteiger partial charge in [0.1, 0.15) is 6.61 Å². The molecule has 17 heavy (non-hydrogen) atoms. The van der Waals surface area contributed by atoms with Crippen molar-refractivity contribution in [3.8, 4) is 0 Å². The average Bonchev–Trinajstić information content (AvgIpc) is 2.34. The first-order valence-electron chi connectivity index (χ1n) is 6.37. The van der Waals surface area contributed by atoms with Crippen LogP contribution in [0.5, 0.6) is 0 Å². The highest BCUT2D eigenvalue weighted by molar-refractivity contribution is 5.77. The van der Waals surface area contributed by atoms with Crippen LogP contribution >= 0.6 is 0 Å². The summed E-state index contributed by atoms with van der Waals surface area (Å²) in [7, 11) is 0. The molecule has 0 saturated carbocycles. The van der Waals surface area contributed by atoms with E-state index in [9.17, 15) is 4.79 Å². The number of carbonyl (C=O) groups is 1. The highest BCUT2D eigenvalue weighted by Gasteiger charge is 2.19. The molecule has 0 radical (unpaired) electrons. The fraction of sp³-hybridized carbons (Fsp3) is 0.917. The van der Waals surface area contributed by atoms with E-state index in [2.05, 4.69) is 6.92 Å². The van der Waals surface area contributed by atoms with Crippen LogP contribution < -0.4 is 5.73 Å². The van der Waals surface area contributed by atoms with Gasteiger partial charge in [0.15, 0.2) is 0 Å². The van der Waals surface area contributed by atoms with E-state index in [0.29, 0.717) is 26.4 Å². The van der Waals surface area contributed by atoms with Gasteiger partial charge in [-0.1, -0.05) is 6.92 Å². The van der Waals surface area contributed by atoms with Gasteiger partial charge in [-0.2, -0.15) is 0 Å². The van der Waals surface area contributed by atoms with Crippen LogP contribution in [-0.4, -0.2) is 56.9 Å². The van der Waals surface area contributed by atoms with Crippen molar-refractivity contribution >= 4 is 5.91 Å². The van der Waals surface area contributed by atoms with Crippen LogP contribution in [0.25, 0.3) is 0 Å². The van der Waals surface area contributed by atoms with Crippen molar-refractivity contribution < 1.29 is 14.3 Å². The summed E-state index contributed by atoms with van der Waals surface area (Å²) in [5.41, 5.74) is 5.27. The van der Waals surface area contributed by atoms with Crippen LogP contribution in [0.3, 0.4) is 0 Å². The first kappa shape index (κ1) is 14.4. The summed E-state index contributed by atoms with van der Waals surface area (Å²) in [4.78, 5) is 13.6. The predicted octanol–water partition coefficient (Wildman–Crippen LogP) is 0.237. The maximum atomic E-state index is 11.7. The van der Waals surface area contributed by atoms with Crippen molar-refractivity contribution in [1.82, 2.24) is 4.90 Å². The largest absolute Gasteiger partial charge is 0.378 e. The minimum atomic E-state index is 0.0933. The Morgan fingerprint density at radius 2 is 1.88 bits per heavy atom. The number of rotatable bonds is 7. The van der Waals surface area contributed by atoms with E-state index >= 15 is 0 Å². The Bertz CT molecular complexity index is 216. The zero-order valence-corrected chi connectivity index (χ0v) is 10.7. The van der Waals surface area contributed by atoms with Gasteiger partial charge in [0, 0.05) is 19.6 Å². The monoisotopic (exact) mass is 244 g/mol. The van der Waals surface area contributed by atoms with E-state index in [-0.39, 0.29) is 12.5 Å². The summed E-state index contributed by atoms with van der Waals surface area (Å²) in [6.45, 7) is 6.15. The fourth-order valence-electron chi connectivity index (χ4n) is 1.81. The number of hydrogen-bond donors (Lipinski definition) is 1. The lowest BCUT2D eigenvalue weighted by atomic mass is 9.99. The predicted molar refractivity (Wildman–Crippen MR) is 65.7 cm³/mol. The van der Waals surface area contributed by atoms with Crippen LogP contribution in [0.1, 0.15) is 19.8 Å². The Morgan fingerprint density at radius 3 is 2.53 bits per heavy atom. The van der Waals surface area contributed by atoms with Gasteiger partial charge in [-0.3, -0.25) is 4.79 Å². The molecule has 2 N–H and O–H groups in total. The zero-order valence-electron chi connectivity index (χ0n) is 10.7. The lowest BCUT2D eigenvalue weighted by Gasteiger charge is -2.30. The van der Waals surface area contributed by atoms with Crippen LogP contribution in [0.4, 0.5) is 0 Å². The summed E-state index contributed by atoms with van der Waals surface area (Å²) in [6.07, 6.45) is 2.21. The van der Waals surface area contributed by atoms with E-state index in [1.54, 1.807) is 0 Å². The molecule has 1 saturated heterocycles. The van der Waals surface area contributed by atoms with Crippen molar-refractivity contribution in [2.24, 2.45) is 11.7 Å². The van der Waals surface area contributed by atoms with Crippen molar-refractivity contribution in [1.29, 1.82) is 0 Å². The molecule has 5 nitrogen and oxygen atoms in total. The minimum absolute atomic E-state index is 0.0933. The first-order chi connectivity index (χ1) is 8.24. The highest BCUT2D eigenvalue weighted by atomic mass is 16.5. The molecule has 1 heterocycles. The van der Waals surface area contributed by atoms with E-state index in [4.69, 9.17) is 15.2 Å². The standard InChI is InChI=1S/C12H24N2O3/c1-11-2-5-14(6-3-11)12(15)10-17-9-8-16-7-4-13/h11H,2-10,13H2,1H3. The average molecular weight is 244 g/mol. The normalized spacial score (nSPS) is 17.4. The second kappa shape index (κ2) is 8.44. The topological polar surface area (TPSA) is 64.8 Å². The van der Waals surface area contributed by atoms with Crippen molar-refractivity contribution in [3.05, 3.63) is 0 Å². The third-order valence-corrected chi connectivity index (χ3v) is 3.00. The van der Waals surface area contributed by atoms with E-state index < -0.39 is 0 Å². The molecule has 0 aromatic heterocycles. The number of nitrogens with two attached hydrogens (primary N) is 1. The highest BCUT2D eigenvalue weighted by Crippen LogP contribution is 2.15. The molecule has 0 spiro atoms. The molecule has 1 amide bonds. The number of hydrogen-bond acceptors (Lipinski definition) is 4. The van der Waals surface area contributed by atoms with Crippen molar-refractivity contribution in [3.63, 3.8) is 0 Å². The Balaban J connectivity index is 2.01. The Hall–Kier alpha value is -0.650. The lowest BCUT2D eigenvalue weighted by molar-refractivity contribution is -0.138. The first-order valence-corrected chi connectivity index (χ1v) is 6.37. The molecule has 0 aromatic carbocycles. The molecule has 1 aliphatic rings. The van der Waals surface area contributed by atoms with Crippen LogP contribution in [0, 0.1) is 5.92 Å². The summed E-state index contributed by atoms with van der Waals surface area (Å²) in [5.74, 6) is 0.834. The SMILES string of the molecule is CC1CCN(C(=O)COCCOCCN)CC1. The molecule has 1 fully saturated rings. The number of piperidine rings is 1. The summed E-state index contributed by atoms with van der Waals surface area (Å²) >= 11 is 0. The maximum Gasteiger partial charge on any atom is 0.248 e. The summed E-state index contributed by atoms with van der Waals surface area (Å²) in [5, 5.41) is 0. The van der Waals surface area contributed by atoms with Gasteiger partial charge in [0.2, 0.25) is 5.91 Å². The molecule has 0 unspecified atom stereocenters. The van der Waals surface area contributed by atoms with E-state index in [1.165, 1.54) is 0 Å². The van der Waals surface area contributed by atoms with Gasteiger partial charge in [-0.05, 0) is 18.8 Å². The minimum Gasteiger partial charge on any atom is -0.378 e. The second-order valence-electron chi connectivity index (χ2n) is 4.52. The van der Waals surface area contributed by atoms with E-state index in [1.807, 2.05) is 4.90 Å². The molecule has 0 aromatic rings. The molecule has 0 bridgehead atoms. The van der Waals surface area contributed by atoms with Gasteiger partial charge in [-0.25, -0.2) is 0 Å². The molecular formula is C12H24N2O3. The quantitative estimate of drug-likeness (QED) is 0.651. The third kappa shape index (κ3) is 6.00. The van der Waals surface area contributed by atoms with E-state index in [0.717, 1.165) is 31.8 Å². The number of carbonyl (C=O) groups excluding carboxylic acids is 1. The fourth-order valence-corrected chi connectivity index (χ4v) is 1.81. The van der Waals surface area contributed by atoms with Gasteiger partial charge >= 0.3 is 0 Å². The van der Waals surface area contributed by atoms with Crippen molar-refractivity contribution in [2.75, 3.05) is 46.1 Å². The third-order valence-electron chi connectivity index (χ3n) is 3.00. The Morgan fingerprint density at radius 1 is 1.24 bits per heavy atom. The lowest BCUT2D eigenvalue weighted by Crippen LogP contribution is -2.40. The molecule has 0 aliphatic carbocycles. The smallest absolute Gasteiger partial charge is 0.248 e. The summed E-state index contributed by atoms with van der Waals surface area (Å²) < 4.78 is 10.4. The maximum absolute atomic E-state index is 11.7. The van der Waals surface area contributed by atoms with Gasteiger partial charge in [-0.15, -0.1) is 0 Å². The molecule has 1 rings (SSSR count). The van der Waals surface area contributed by atoms with Gasteiger partial charge in [0.05, 0.1) is 19.8 Å². The molecular weight excluding hydrogens is 220 g/mol. The number of ether oxygens (including phenoxy) is 2. The molecule has 100 valence electrons. The zero-order chi connectivity index (χ0) is 12.5. The number of likely N-dealkylation sites (tertiary alicyclic amines) is 1. The van der Waals surface area contributed by atoms with Gasteiger partial charge in [0.25, 0.3) is 0 Å². The van der Waals surface area contributed by atoms with Crippen LogP contribution in [-0.2, 0) is 14.3 Å². The Labute approximate surface area is 103 Å².